The molecular formula is C13H24N2O2. The zero-order valence-corrected chi connectivity index (χ0v) is 10.6. The quantitative estimate of drug-likeness (QED) is 0.784. The third-order valence-corrected chi connectivity index (χ3v) is 3.93. The van der Waals surface area contributed by atoms with E-state index in [4.69, 9.17) is 10.5 Å². The van der Waals surface area contributed by atoms with Crippen LogP contribution >= 0.6 is 0 Å². The fourth-order valence-corrected chi connectivity index (χ4v) is 2.91. The van der Waals surface area contributed by atoms with Gasteiger partial charge < -0.3 is 15.4 Å². The Bertz CT molecular complexity index is 252. The first kappa shape index (κ1) is 12.8. The molecule has 2 aliphatic heterocycles. The van der Waals surface area contributed by atoms with Gasteiger partial charge in [-0.05, 0) is 51.6 Å². The van der Waals surface area contributed by atoms with Crippen LogP contribution in [0.5, 0.6) is 0 Å². The molecule has 2 heterocycles. The summed E-state index contributed by atoms with van der Waals surface area (Å²) >= 11 is 0. The van der Waals surface area contributed by atoms with Crippen molar-refractivity contribution in [2.75, 3.05) is 26.2 Å². The summed E-state index contributed by atoms with van der Waals surface area (Å²) in [5.74, 6) is -0.0553. The molecule has 2 saturated heterocycles. The second kappa shape index (κ2) is 6.36. The average molecular weight is 240 g/mol. The highest BCUT2D eigenvalue weighted by Crippen LogP contribution is 2.19. The highest BCUT2D eigenvalue weighted by atomic mass is 16.5. The Labute approximate surface area is 103 Å². The Morgan fingerprint density at radius 2 is 2.24 bits per heavy atom. The summed E-state index contributed by atoms with van der Waals surface area (Å²) in [6, 6.07) is 0. The normalized spacial score (nSPS) is 30.6. The van der Waals surface area contributed by atoms with Gasteiger partial charge in [-0.2, -0.15) is 0 Å². The number of carbonyl (C=O) groups is 1. The van der Waals surface area contributed by atoms with Gasteiger partial charge in [0.15, 0.2) is 0 Å². The smallest absolute Gasteiger partial charge is 0.221 e. The molecule has 2 rings (SSSR count). The van der Waals surface area contributed by atoms with Gasteiger partial charge in [-0.1, -0.05) is 0 Å². The monoisotopic (exact) mass is 240 g/mol. The number of piperidine rings is 1. The molecule has 2 aliphatic rings. The van der Waals surface area contributed by atoms with Gasteiger partial charge in [0.05, 0.1) is 12.0 Å². The van der Waals surface area contributed by atoms with Crippen LogP contribution in [0, 0.1) is 5.92 Å². The Morgan fingerprint density at radius 1 is 1.35 bits per heavy atom. The lowest BCUT2D eigenvalue weighted by Crippen LogP contribution is -2.41. The van der Waals surface area contributed by atoms with Crippen molar-refractivity contribution in [2.45, 2.75) is 44.6 Å². The van der Waals surface area contributed by atoms with Crippen LogP contribution in [0.1, 0.15) is 38.5 Å². The van der Waals surface area contributed by atoms with Crippen LogP contribution in [-0.2, 0) is 9.53 Å². The van der Waals surface area contributed by atoms with E-state index in [0.29, 0.717) is 6.10 Å². The van der Waals surface area contributed by atoms with E-state index in [-0.39, 0.29) is 11.8 Å². The van der Waals surface area contributed by atoms with Crippen molar-refractivity contribution in [3.05, 3.63) is 0 Å². The van der Waals surface area contributed by atoms with Crippen molar-refractivity contribution in [2.24, 2.45) is 11.7 Å². The molecule has 0 bridgehead atoms. The van der Waals surface area contributed by atoms with Crippen molar-refractivity contribution in [3.63, 3.8) is 0 Å². The minimum Gasteiger partial charge on any atom is -0.378 e. The molecule has 2 atom stereocenters. The van der Waals surface area contributed by atoms with Crippen molar-refractivity contribution >= 4 is 5.91 Å². The van der Waals surface area contributed by atoms with E-state index in [1.54, 1.807) is 0 Å². The first-order valence-corrected chi connectivity index (χ1v) is 6.89. The SMILES string of the molecule is NC(=O)[C@H]1CCCN(CCC[C@@H]2CCCO2)C1. The second-order valence-corrected chi connectivity index (χ2v) is 5.32. The van der Waals surface area contributed by atoms with E-state index in [0.717, 1.165) is 45.5 Å². The Hall–Kier alpha value is -0.610. The largest absolute Gasteiger partial charge is 0.378 e. The van der Waals surface area contributed by atoms with Crippen LogP contribution in [0.2, 0.25) is 0 Å². The van der Waals surface area contributed by atoms with Gasteiger partial charge in [0.1, 0.15) is 0 Å². The topological polar surface area (TPSA) is 55.6 Å². The van der Waals surface area contributed by atoms with Crippen LogP contribution in [0.25, 0.3) is 0 Å². The highest BCUT2D eigenvalue weighted by Gasteiger charge is 2.24. The summed E-state index contributed by atoms with van der Waals surface area (Å²) in [5.41, 5.74) is 5.37. The fourth-order valence-electron chi connectivity index (χ4n) is 2.91. The molecule has 4 heteroatoms. The molecule has 1 amide bonds. The van der Waals surface area contributed by atoms with E-state index in [1.807, 2.05) is 0 Å². The van der Waals surface area contributed by atoms with Crippen LogP contribution < -0.4 is 5.73 Å². The minimum atomic E-state index is -0.131. The van der Waals surface area contributed by atoms with Gasteiger partial charge in [-0.3, -0.25) is 4.79 Å². The van der Waals surface area contributed by atoms with Gasteiger partial charge in [0.2, 0.25) is 5.91 Å². The number of nitrogens with two attached hydrogens (primary N) is 1. The molecule has 0 radical (unpaired) electrons. The van der Waals surface area contributed by atoms with Crippen molar-refractivity contribution in [1.29, 1.82) is 0 Å². The molecule has 0 aromatic rings. The van der Waals surface area contributed by atoms with Crippen molar-refractivity contribution in [3.8, 4) is 0 Å². The van der Waals surface area contributed by atoms with Gasteiger partial charge in [-0.15, -0.1) is 0 Å². The third kappa shape index (κ3) is 3.96. The Kier molecular flexibility index (Phi) is 4.80. The summed E-state index contributed by atoms with van der Waals surface area (Å²) in [6.07, 6.45) is 7.35. The maximum atomic E-state index is 11.2. The second-order valence-electron chi connectivity index (χ2n) is 5.32. The van der Waals surface area contributed by atoms with Crippen LogP contribution in [0.4, 0.5) is 0 Å². The molecule has 2 fully saturated rings. The summed E-state index contributed by atoms with van der Waals surface area (Å²) < 4.78 is 5.61. The van der Waals surface area contributed by atoms with E-state index in [2.05, 4.69) is 4.90 Å². The van der Waals surface area contributed by atoms with Gasteiger partial charge >= 0.3 is 0 Å². The summed E-state index contributed by atoms with van der Waals surface area (Å²) in [5, 5.41) is 0. The fraction of sp³-hybridized carbons (Fsp3) is 0.923. The lowest BCUT2D eigenvalue weighted by molar-refractivity contribution is -0.123. The first-order chi connectivity index (χ1) is 8.25. The average Bonchev–Trinajstić information content (AvgIpc) is 2.82. The predicted octanol–water partition coefficient (Wildman–Crippen LogP) is 1.14. The summed E-state index contributed by atoms with van der Waals surface area (Å²) in [7, 11) is 0. The Balaban J connectivity index is 1.62. The molecular weight excluding hydrogens is 216 g/mol. The number of amides is 1. The third-order valence-electron chi connectivity index (χ3n) is 3.93. The van der Waals surface area contributed by atoms with E-state index in [1.165, 1.54) is 19.3 Å². The number of primary amides is 1. The maximum absolute atomic E-state index is 11.2. The standard InChI is InChI=1S/C13H24N2O2/c14-13(16)11-4-1-7-15(10-11)8-2-5-12-6-3-9-17-12/h11-12H,1-10H2,(H2,14,16)/t11-,12+/m0/s1. The molecule has 98 valence electrons. The van der Waals surface area contributed by atoms with E-state index >= 15 is 0 Å². The number of nitrogens with zero attached hydrogens (tertiary/aromatic N) is 1. The predicted molar refractivity (Wildman–Crippen MR) is 66.6 cm³/mol. The molecule has 0 aromatic heterocycles. The maximum Gasteiger partial charge on any atom is 0.221 e. The van der Waals surface area contributed by atoms with Crippen LogP contribution in [0.3, 0.4) is 0 Å². The first-order valence-electron chi connectivity index (χ1n) is 6.89. The lowest BCUT2D eigenvalue weighted by atomic mass is 9.97. The van der Waals surface area contributed by atoms with Gasteiger partial charge in [0.25, 0.3) is 0 Å². The van der Waals surface area contributed by atoms with Crippen molar-refractivity contribution < 1.29 is 9.53 Å². The number of ether oxygens (including phenoxy) is 1. The van der Waals surface area contributed by atoms with Crippen LogP contribution in [-0.4, -0.2) is 43.2 Å². The Morgan fingerprint density at radius 3 is 2.94 bits per heavy atom. The summed E-state index contributed by atoms with van der Waals surface area (Å²) in [6.45, 7) is 4.01. The number of carbonyl (C=O) groups excluding carboxylic acids is 1. The number of rotatable bonds is 5. The number of likely N-dealkylation sites (tertiary alicyclic amines) is 1. The lowest BCUT2D eigenvalue weighted by Gasteiger charge is -2.31. The number of hydrogen-bond donors (Lipinski definition) is 1. The van der Waals surface area contributed by atoms with Gasteiger partial charge in [0, 0.05) is 13.2 Å². The zero-order valence-electron chi connectivity index (χ0n) is 10.6. The molecule has 0 aliphatic carbocycles. The molecule has 4 nitrogen and oxygen atoms in total. The minimum absolute atomic E-state index is 0.0754. The molecule has 0 aromatic carbocycles. The van der Waals surface area contributed by atoms with E-state index < -0.39 is 0 Å². The molecule has 0 saturated carbocycles. The zero-order chi connectivity index (χ0) is 12.1. The molecule has 0 spiro atoms. The van der Waals surface area contributed by atoms with Gasteiger partial charge in [-0.25, -0.2) is 0 Å². The number of hydrogen-bond acceptors (Lipinski definition) is 3. The van der Waals surface area contributed by atoms with Crippen LogP contribution in [0.15, 0.2) is 0 Å². The summed E-state index contributed by atoms with van der Waals surface area (Å²) in [4.78, 5) is 13.5. The molecule has 2 N–H and O–H groups in total. The molecule has 17 heavy (non-hydrogen) atoms. The van der Waals surface area contributed by atoms with E-state index in [9.17, 15) is 4.79 Å². The molecule has 0 unspecified atom stereocenters. The van der Waals surface area contributed by atoms with Crippen molar-refractivity contribution in [1.82, 2.24) is 4.90 Å². The highest BCUT2D eigenvalue weighted by molar-refractivity contribution is 5.76.